The van der Waals surface area contributed by atoms with Crippen molar-refractivity contribution in [3.8, 4) is 5.75 Å². The van der Waals surface area contributed by atoms with E-state index in [1.54, 1.807) is 48.5 Å². The summed E-state index contributed by atoms with van der Waals surface area (Å²) in [5.41, 5.74) is 2.05. The average molecular weight is 285 g/mol. The van der Waals surface area contributed by atoms with Crippen molar-refractivity contribution in [2.24, 2.45) is 0 Å². The maximum atomic E-state index is 12.0. The monoisotopic (exact) mass is 284 g/mol. The van der Waals surface area contributed by atoms with Crippen LogP contribution in [0.25, 0.3) is 11.6 Å². The zero-order valence-electron chi connectivity index (χ0n) is 10.7. The molecule has 2 nitrogen and oxygen atoms in total. The van der Waals surface area contributed by atoms with Crippen LogP contribution in [-0.4, -0.2) is 10.9 Å². The van der Waals surface area contributed by atoms with Crippen LogP contribution in [0.15, 0.2) is 61.2 Å². The largest absolute Gasteiger partial charge is 0.508 e. The third-order valence-electron chi connectivity index (χ3n) is 2.79. The molecule has 20 heavy (non-hydrogen) atoms. The Hall–Kier alpha value is -2.32. The number of benzene rings is 2. The smallest absolute Gasteiger partial charge is 0.185 e. The number of aromatic hydroxyl groups is 1. The van der Waals surface area contributed by atoms with Crippen LogP contribution >= 0.6 is 11.6 Å². The fourth-order valence-corrected chi connectivity index (χ4v) is 1.99. The Labute approximate surface area is 122 Å². The van der Waals surface area contributed by atoms with Crippen LogP contribution in [0.1, 0.15) is 11.1 Å². The molecule has 3 heteroatoms. The first-order valence-electron chi connectivity index (χ1n) is 6.03. The highest BCUT2D eigenvalue weighted by Crippen LogP contribution is 2.23. The first kappa shape index (κ1) is 14.1. The maximum Gasteiger partial charge on any atom is 0.185 e. The predicted molar refractivity (Wildman–Crippen MR) is 82.6 cm³/mol. The molecule has 0 unspecified atom stereocenters. The first-order valence-corrected chi connectivity index (χ1v) is 6.41. The molecule has 0 amide bonds. The van der Waals surface area contributed by atoms with E-state index >= 15 is 0 Å². The minimum atomic E-state index is -0.180. The first-order chi connectivity index (χ1) is 9.60. The molecule has 0 radical (unpaired) electrons. The summed E-state index contributed by atoms with van der Waals surface area (Å²) in [7, 11) is 0. The molecule has 2 aromatic rings. The topological polar surface area (TPSA) is 37.3 Å². The number of allylic oxidation sites excluding steroid dienone is 2. The van der Waals surface area contributed by atoms with E-state index in [1.165, 1.54) is 6.08 Å². The van der Waals surface area contributed by atoms with Gasteiger partial charge in [-0.1, -0.05) is 42.4 Å². The summed E-state index contributed by atoms with van der Waals surface area (Å²) >= 11 is 5.96. The lowest BCUT2D eigenvalue weighted by Crippen LogP contribution is -1.97. The highest BCUT2D eigenvalue weighted by molar-refractivity contribution is 6.32. The Kier molecular flexibility index (Phi) is 4.38. The number of hydrogen-bond acceptors (Lipinski definition) is 2. The third kappa shape index (κ3) is 3.37. The lowest BCUT2D eigenvalue weighted by Gasteiger charge is -2.05. The van der Waals surface area contributed by atoms with Crippen LogP contribution < -0.4 is 0 Å². The standard InChI is InChI=1S/C17H13ClO2/c1-2-17(20)16(13-4-3-5-14(18)11-13)10-12-6-8-15(19)9-7-12/h2-11,19H,1H2. The Morgan fingerprint density at radius 1 is 1.15 bits per heavy atom. The average Bonchev–Trinajstić information content (AvgIpc) is 2.46. The minimum absolute atomic E-state index is 0.180. The predicted octanol–water partition coefficient (Wildman–Crippen LogP) is 4.34. The van der Waals surface area contributed by atoms with Crippen molar-refractivity contribution in [1.29, 1.82) is 0 Å². The molecule has 0 aliphatic carbocycles. The normalized spacial score (nSPS) is 11.2. The number of hydrogen-bond donors (Lipinski definition) is 1. The van der Waals surface area contributed by atoms with Gasteiger partial charge in [0.05, 0.1) is 0 Å². The summed E-state index contributed by atoms with van der Waals surface area (Å²) in [5, 5.41) is 9.84. The van der Waals surface area contributed by atoms with E-state index in [2.05, 4.69) is 6.58 Å². The summed E-state index contributed by atoms with van der Waals surface area (Å²) in [4.78, 5) is 12.0. The fraction of sp³-hybridized carbons (Fsp3) is 0. The van der Waals surface area contributed by atoms with Crippen molar-refractivity contribution in [2.45, 2.75) is 0 Å². The van der Waals surface area contributed by atoms with E-state index in [0.717, 1.165) is 11.1 Å². The van der Waals surface area contributed by atoms with Gasteiger partial charge in [-0.25, -0.2) is 0 Å². The Morgan fingerprint density at radius 3 is 2.45 bits per heavy atom. The summed E-state index contributed by atoms with van der Waals surface area (Å²) in [5.74, 6) is 0.00171. The zero-order chi connectivity index (χ0) is 14.5. The lowest BCUT2D eigenvalue weighted by atomic mass is 9.99. The molecule has 2 rings (SSSR count). The van der Waals surface area contributed by atoms with E-state index in [9.17, 15) is 9.90 Å². The Bertz CT molecular complexity index is 670. The quantitative estimate of drug-likeness (QED) is 0.670. The number of rotatable bonds is 4. The highest BCUT2D eigenvalue weighted by Gasteiger charge is 2.09. The number of carbonyl (C=O) groups is 1. The number of phenolic OH excluding ortho intramolecular Hbond substituents is 1. The van der Waals surface area contributed by atoms with Gasteiger partial charge in [-0.3, -0.25) is 4.79 Å². The molecule has 0 saturated heterocycles. The van der Waals surface area contributed by atoms with Gasteiger partial charge in [0, 0.05) is 10.6 Å². The molecule has 0 heterocycles. The van der Waals surface area contributed by atoms with Crippen molar-refractivity contribution >= 4 is 29.0 Å². The van der Waals surface area contributed by atoms with Gasteiger partial charge < -0.3 is 5.11 Å². The molecule has 0 aromatic heterocycles. The molecule has 0 spiro atoms. The third-order valence-corrected chi connectivity index (χ3v) is 3.03. The molecule has 1 N–H and O–H groups in total. The highest BCUT2D eigenvalue weighted by atomic mass is 35.5. The van der Waals surface area contributed by atoms with Gasteiger partial charge in [-0.15, -0.1) is 0 Å². The van der Waals surface area contributed by atoms with Crippen LogP contribution in [0.4, 0.5) is 0 Å². The second kappa shape index (κ2) is 6.22. The van der Waals surface area contributed by atoms with Gasteiger partial charge >= 0.3 is 0 Å². The fourth-order valence-electron chi connectivity index (χ4n) is 1.80. The number of carbonyl (C=O) groups excluding carboxylic acids is 1. The van der Waals surface area contributed by atoms with Gasteiger partial charge in [0.1, 0.15) is 5.75 Å². The molecule has 0 atom stereocenters. The molecular weight excluding hydrogens is 272 g/mol. The van der Waals surface area contributed by atoms with Crippen LogP contribution in [0.5, 0.6) is 5.75 Å². The van der Waals surface area contributed by atoms with Crippen molar-refractivity contribution in [3.63, 3.8) is 0 Å². The van der Waals surface area contributed by atoms with Gasteiger partial charge in [0.25, 0.3) is 0 Å². The Morgan fingerprint density at radius 2 is 1.85 bits per heavy atom. The maximum absolute atomic E-state index is 12.0. The van der Waals surface area contributed by atoms with Crippen LogP contribution in [0.3, 0.4) is 0 Å². The van der Waals surface area contributed by atoms with Crippen molar-refractivity contribution in [2.75, 3.05) is 0 Å². The van der Waals surface area contributed by atoms with Crippen molar-refractivity contribution in [3.05, 3.63) is 77.3 Å². The SMILES string of the molecule is C=CC(=O)C(=Cc1ccc(O)cc1)c1cccc(Cl)c1. The molecule has 100 valence electrons. The molecular formula is C17H13ClO2. The number of phenols is 1. The molecule has 0 bridgehead atoms. The van der Waals surface area contributed by atoms with Crippen LogP contribution in [-0.2, 0) is 4.79 Å². The molecule has 0 aliphatic rings. The summed E-state index contributed by atoms with van der Waals surface area (Å²) in [6.45, 7) is 3.52. The van der Waals surface area contributed by atoms with Crippen molar-refractivity contribution in [1.82, 2.24) is 0 Å². The van der Waals surface area contributed by atoms with E-state index in [1.807, 2.05) is 6.07 Å². The van der Waals surface area contributed by atoms with Gasteiger partial charge in [-0.05, 0) is 47.5 Å². The van der Waals surface area contributed by atoms with Crippen LogP contribution in [0.2, 0.25) is 5.02 Å². The van der Waals surface area contributed by atoms with E-state index < -0.39 is 0 Å². The lowest BCUT2D eigenvalue weighted by molar-refractivity contribution is -0.109. The van der Waals surface area contributed by atoms with Crippen molar-refractivity contribution < 1.29 is 9.90 Å². The van der Waals surface area contributed by atoms with Gasteiger partial charge in [0.2, 0.25) is 0 Å². The molecule has 0 fully saturated rings. The van der Waals surface area contributed by atoms with Crippen LogP contribution in [0, 0.1) is 0 Å². The summed E-state index contributed by atoms with van der Waals surface area (Å²) < 4.78 is 0. The molecule has 2 aromatic carbocycles. The number of halogens is 1. The Balaban J connectivity index is 2.50. The van der Waals surface area contributed by atoms with E-state index in [4.69, 9.17) is 11.6 Å². The summed E-state index contributed by atoms with van der Waals surface area (Å²) in [6, 6.07) is 13.7. The van der Waals surface area contributed by atoms with E-state index in [0.29, 0.717) is 10.6 Å². The van der Waals surface area contributed by atoms with Gasteiger partial charge in [0.15, 0.2) is 5.78 Å². The van der Waals surface area contributed by atoms with Gasteiger partial charge in [-0.2, -0.15) is 0 Å². The van der Waals surface area contributed by atoms with E-state index in [-0.39, 0.29) is 11.5 Å². The number of ketones is 1. The summed E-state index contributed by atoms with van der Waals surface area (Å²) in [6.07, 6.45) is 3.02. The zero-order valence-corrected chi connectivity index (χ0v) is 11.5. The minimum Gasteiger partial charge on any atom is -0.508 e. The molecule has 0 aliphatic heterocycles. The second-order valence-corrected chi connectivity index (χ2v) is 4.66. The molecule has 0 saturated carbocycles. The second-order valence-electron chi connectivity index (χ2n) is 4.23.